The Balaban J connectivity index is 1.52. The zero-order chi connectivity index (χ0) is 17.3. The Morgan fingerprint density at radius 1 is 1.08 bits per heavy atom. The maximum Gasteiger partial charge on any atom is 0.211 e. The number of hydrogen-bond acceptors (Lipinski definition) is 3. The molecule has 2 aliphatic heterocycles. The summed E-state index contributed by atoms with van der Waals surface area (Å²) < 4.78 is 51.9. The predicted octanol–water partition coefficient (Wildman–Crippen LogP) is 2.46. The van der Waals surface area contributed by atoms with Crippen molar-refractivity contribution >= 4 is 10.0 Å². The van der Waals surface area contributed by atoms with E-state index in [-0.39, 0.29) is 0 Å². The number of piperidine rings is 1. The van der Waals surface area contributed by atoms with Crippen LogP contribution in [0.1, 0.15) is 24.8 Å². The van der Waals surface area contributed by atoms with Gasteiger partial charge in [0.2, 0.25) is 10.0 Å². The molecule has 0 aliphatic carbocycles. The van der Waals surface area contributed by atoms with Crippen molar-refractivity contribution < 1.29 is 17.2 Å². The van der Waals surface area contributed by atoms with Crippen molar-refractivity contribution in [1.29, 1.82) is 0 Å². The number of sulfonamides is 1. The SMILES string of the molecule is CS(=O)(=O)N1CC[C@H](C2CCN(Cc3cccc(F)c3F)CC2)C1. The topological polar surface area (TPSA) is 40.6 Å². The summed E-state index contributed by atoms with van der Waals surface area (Å²) in [7, 11) is -3.09. The highest BCUT2D eigenvalue weighted by Crippen LogP contribution is 2.33. The Hall–Kier alpha value is -1.05. The van der Waals surface area contributed by atoms with Gasteiger partial charge in [0.1, 0.15) is 0 Å². The zero-order valence-electron chi connectivity index (χ0n) is 13.9. The largest absolute Gasteiger partial charge is 0.299 e. The van der Waals surface area contributed by atoms with Gasteiger partial charge < -0.3 is 0 Å². The molecular formula is C17H24F2N2O2S. The summed E-state index contributed by atoms with van der Waals surface area (Å²) in [5.41, 5.74) is 0.401. The van der Waals surface area contributed by atoms with Crippen LogP contribution in [0.4, 0.5) is 8.78 Å². The van der Waals surface area contributed by atoms with E-state index in [0.717, 1.165) is 38.4 Å². The van der Waals surface area contributed by atoms with Gasteiger partial charge in [0.05, 0.1) is 6.26 Å². The van der Waals surface area contributed by atoms with E-state index in [2.05, 4.69) is 4.90 Å². The summed E-state index contributed by atoms with van der Waals surface area (Å²) in [6.07, 6.45) is 4.17. The molecule has 0 N–H and O–H groups in total. The summed E-state index contributed by atoms with van der Waals surface area (Å²) in [4.78, 5) is 2.15. The van der Waals surface area contributed by atoms with E-state index >= 15 is 0 Å². The molecule has 1 atom stereocenters. The molecule has 24 heavy (non-hydrogen) atoms. The van der Waals surface area contributed by atoms with Crippen molar-refractivity contribution in [2.75, 3.05) is 32.4 Å². The van der Waals surface area contributed by atoms with Gasteiger partial charge in [0.15, 0.2) is 11.6 Å². The molecule has 0 amide bonds. The van der Waals surface area contributed by atoms with Gasteiger partial charge in [0, 0.05) is 25.2 Å². The molecule has 4 nitrogen and oxygen atoms in total. The summed E-state index contributed by atoms with van der Waals surface area (Å²) in [6, 6.07) is 4.31. The second kappa shape index (κ2) is 7.06. The van der Waals surface area contributed by atoms with Gasteiger partial charge >= 0.3 is 0 Å². The van der Waals surface area contributed by atoms with Crippen LogP contribution < -0.4 is 0 Å². The lowest BCUT2D eigenvalue weighted by atomic mass is 9.84. The van der Waals surface area contributed by atoms with Crippen LogP contribution in [-0.2, 0) is 16.6 Å². The second-order valence-electron chi connectivity index (χ2n) is 7.00. The first-order chi connectivity index (χ1) is 11.3. The maximum absolute atomic E-state index is 13.8. The third kappa shape index (κ3) is 3.95. The van der Waals surface area contributed by atoms with Crippen molar-refractivity contribution in [1.82, 2.24) is 9.21 Å². The molecule has 7 heteroatoms. The molecule has 0 unspecified atom stereocenters. The Labute approximate surface area is 142 Å². The molecule has 1 aromatic carbocycles. The lowest BCUT2D eigenvalue weighted by molar-refractivity contribution is 0.143. The molecule has 0 bridgehead atoms. The predicted molar refractivity (Wildman–Crippen MR) is 88.9 cm³/mol. The van der Waals surface area contributed by atoms with Gasteiger partial charge in [-0.05, 0) is 50.3 Å². The first-order valence-electron chi connectivity index (χ1n) is 8.45. The van der Waals surface area contributed by atoms with Crippen LogP contribution in [0.5, 0.6) is 0 Å². The number of likely N-dealkylation sites (tertiary alicyclic amines) is 1. The fraction of sp³-hybridized carbons (Fsp3) is 0.647. The average Bonchev–Trinajstić information content (AvgIpc) is 3.03. The zero-order valence-corrected chi connectivity index (χ0v) is 14.7. The Bertz CT molecular complexity index is 688. The van der Waals surface area contributed by atoms with E-state index in [4.69, 9.17) is 0 Å². The molecule has 0 saturated carbocycles. The smallest absolute Gasteiger partial charge is 0.211 e. The third-order valence-corrected chi connectivity index (χ3v) is 6.65. The molecule has 134 valence electrons. The summed E-state index contributed by atoms with van der Waals surface area (Å²) in [5, 5.41) is 0. The number of halogens is 2. The lowest BCUT2D eigenvalue weighted by Crippen LogP contribution is -2.37. The minimum Gasteiger partial charge on any atom is -0.299 e. The number of hydrogen-bond donors (Lipinski definition) is 0. The van der Waals surface area contributed by atoms with Crippen LogP contribution in [0.15, 0.2) is 18.2 Å². The van der Waals surface area contributed by atoms with Crippen molar-refractivity contribution in [3.63, 3.8) is 0 Å². The first-order valence-corrected chi connectivity index (χ1v) is 10.3. The van der Waals surface area contributed by atoms with Crippen LogP contribution >= 0.6 is 0 Å². The quantitative estimate of drug-likeness (QED) is 0.830. The Morgan fingerprint density at radius 2 is 1.75 bits per heavy atom. The Morgan fingerprint density at radius 3 is 2.38 bits per heavy atom. The molecule has 2 aliphatic rings. The van der Waals surface area contributed by atoms with Crippen LogP contribution in [0.25, 0.3) is 0 Å². The van der Waals surface area contributed by atoms with Crippen LogP contribution in [-0.4, -0.2) is 50.1 Å². The number of nitrogens with zero attached hydrogens (tertiary/aromatic N) is 2. The molecule has 0 radical (unpaired) electrons. The van der Waals surface area contributed by atoms with Crippen molar-refractivity contribution in [2.24, 2.45) is 11.8 Å². The molecule has 1 aromatic rings. The fourth-order valence-electron chi connectivity index (χ4n) is 3.93. The van der Waals surface area contributed by atoms with E-state index in [1.165, 1.54) is 6.26 Å². The van der Waals surface area contributed by atoms with Gasteiger partial charge in [-0.15, -0.1) is 0 Å². The van der Waals surface area contributed by atoms with E-state index < -0.39 is 21.7 Å². The summed E-state index contributed by atoms with van der Waals surface area (Å²) >= 11 is 0. The maximum atomic E-state index is 13.8. The van der Waals surface area contributed by atoms with E-state index in [1.54, 1.807) is 16.4 Å². The van der Waals surface area contributed by atoms with Crippen molar-refractivity contribution in [3.8, 4) is 0 Å². The third-order valence-electron chi connectivity index (χ3n) is 5.38. The normalized spacial score (nSPS) is 24.5. The first kappa shape index (κ1) is 17.8. The summed E-state index contributed by atoms with van der Waals surface area (Å²) in [5.74, 6) is -0.605. The molecule has 2 fully saturated rings. The monoisotopic (exact) mass is 358 g/mol. The second-order valence-corrected chi connectivity index (χ2v) is 8.98. The van der Waals surface area contributed by atoms with Crippen molar-refractivity contribution in [2.45, 2.75) is 25.8 Å². The Kier molecular flexibility index (Phi) is 5.22. The van der Waals surface area contributed by atoms with Crippen LogP contribution in [0.2, 0.25) is 0 Å². The fourth-order valence-corrected chi connectivity index (χ4v) is 4.83. The number of rotatable bonds is 4. The molecular weight excluding hydrogens is 334 g/mol. The van der Waals surface area contributed by atoms with Gasteiger partial charge in [0.25, 0.3) is 0 Å². The van der Waals surface area contributed by atoms with Crippen LogP contribution in [0.3, 0.4) is 0 Å². The standard InChI is InChI=1S/C17H24F2N2O2S/c1-24(22,23)21-10-7-14(12-21)13-5-8-20(9-6-13)11-15-3-2-4-16(18)17(15)19/h2-4,13-14H,5-12H2,1H3/t14-/m0/s1. The highest BCUT2D eigenvalue weighted by molar-refractivity contribution is 7.88. The highest BCUT2D eigenvalue weighted by Gasteiger charge is 2.35. The highest BCUT2D eigenvalue weighted by atomic mass is 32.2. The van der Waals surface area contributed by atoms with E-state index in [9.17, 15) is 17.2 Å². The average molecular weight is 358 g/mol. The molecule has 2 saturated heterocycles. The minimum absolute atomic E-state index is 0.401. The van der Waals surface area contributed by atoms with Gasteiger partial charge in [-0.2, -0.15) is 0 Å². The van der Waals surface area contributed by atoms with Crippen LogP contribution in [0, 0.1) is 23.5 Å². The molecule has 3 rings (SSSR count). The molecule has 0 aromatic heterocycles. The van der Waals surface area contributed by atoms with Crippen molar-refractivity contribution in [3.05, 3.63) is 35.4 Å². The molecule has 0 spiro atoms. The minimum atomic E-state index is -3.09. The van der Waals surface area contributed by atoms with Gasteiger partial charge in [-0.3, -0.25) is 4.90 Å². The summed E-state index contributed by atoms with van der Waals surface area (Å²) in [6.45, 7) is 3.36. The van der Waals surface area contributed by atoms with E-state index in [1.807, 2.05) is 0 Å². The van der Waals surface area contributed by atoms with Gasteiger partial charge in [-0.1, -0.05) is 12.1 Å². The lowest BCUT2D eigenvalue weighted by Gasteiger charge is -2.34. The number of benzene rings is 1. The van der Waals surface area contributed by atoms with Gasteiger partial charge in [-0.25, -0.2) is 21.5 Å². The molecule has 2 heterocycles. The van der Waals surface area contributed by atoms with E-state index in [0.29, 0.717) is 37.0 Å².